The molecule has 128 valence electrons. The van der Waals surface area contributed by atoms with Crippen LogP contribution in [0.3, 0.4) is 0 Å². The number of aryl methyl sites for hydroxylation is 3. The number of nitrogens with zero attached hydrogens (tertiary/aromatic N) is 3. The van der Waals surface area contributed by atoms with Gasteiger partial charge in [0.1, 0.15) is 5.54 Å². The standard InChI is InChI=1S/C21H29N3/c1-12-10-13(2)20(14(3)11-12)22-19(8)21(9)17(6)15(4)16(5)18(7)23-24-21/h10-11H,1-9H3. The van der Waals surface area contributed by atoms with Crippen molar-refractivity contribution >= 4 is 11.4 Å². The molecule has 1 atom stereocenters. The Labute approximate surface area is 146 Å². The number of rotatable bonds is 2. The van der Waals surface area contributed by atoms with Crippen molar-refractivity contribution in [3.63, 3.8) is 0 Å². The van der Waals surface area contributed by atoms with Gasteiger partial charge in [0, 0.05) is 5.71 Å². The maximum atomic E-state index is 4.98. The van der Waals surface area contributed by atoms with E-state index in [1.54, 1.807) is 0 Å². The second kappa shape index (κ2) is 6.46. The molecule has 0 saturated heterocycles. The zero-order valence-electron chi connectivity index (χ0n) is 16.5. The van der Waals surface area contributed by atoms with E-state index in [1.807, 2.05) is 6.92 Å². The highest BCUT2D eigenvalue weighted by Crippen LogP contribution is 2.35. The van der Waals surface area contributed by atoms with Crippen molar-refractivity contribution in [3.8, 4) is 0 Å². The van der Waals surface area contributed by atoms with Gasteiger partial charge in [-0.05, 0) is 90.2 Å². The van der Waals surface area contributed by atoms with E-state index in [1.165, 1.54) is 33.4 Å². The van der Waals surface area contributed by atoms with Gasteiger partial charge in [-0.25, -0.2) is 0 Å². The van der Waals surface area contributed by atoms with E-state index in [-0.39, 0.29) is 0 Å². The lowest BCUT2D eigenvalue weighted by atomic mass is 9.84. The van der Waals surface area contributed by atoms with E-state index in [9.17, 15) is 0 Å². The minimum Gasteiger partial charge on any atom is -0.255 e. The van der Waals surface area contributed by atoms with Gasteiger partial charge in [-0.1, -0.05) is 17.7 Å². The van der Waals surface area contributed by atoms with E-state index >= 15 is 0 Å². The summed E-state index contributed by atoms with van der Waals surface area (Å²) in [5.41, 5.74) is 9.83. The van der Waals surface area contributed by atoms with Crippen LogP contribution in [0.25, 0.3) is 0 Å². The number of allylic oxidation sites excluding steroid dienone is 3. The average Bonchev–Trinajstić information content (AvgIpc) is 2.58. The van der Waals surface area contributed by atoms with Crippen LogP contribution in [0.2, 0.25) is 0 Å². The number of aliphatic imine (C=N–C) groups is 1. The molecule has 0 fully saturated rings. The largest absolute Gasteiger partial charge is 0.255 e. The van der Waals surface area contributed by atoms with Gasteiger partial charge in [-0.3, -0.25) is 4.99 Å². The molecule has 0 bridgehead atoms. The van der Waals surface area contributed by atoms with Crippen LogP contribution in [-0.4, -0.2) is 11.3 Å². The van der Waals surface area contributed by atoms with E-state index in [0.29, 0.717) is 0 Å². The summed E-state index contributed by atoms with van der Waals surface area (Å²) in [5, 5.41) is 9.13. The number of hydrogen-bond donors (Lipinski definition) is 0. The summed E-state index contributed by atoms with van der Waals surface area (Å²) >= 11 is 0. The Morgan fingerprint density at radius 3 is 2.00 bits per heavy atom. The Kier molecular flexibility index (Phi) is 4.93. The molecule has 1 aromatic rings. The minimum atomic E-state index is -0.507. The smallest absolute Gasteiger partial charge is 0.138 e. The summed E-state index contributed by atoms with van der Waals surface area (Å²) in [6.45, 7) is 18.9. The summed E-state index contributed by atoms with van der Waals surface area (Å²) in [4.78, 5) is 4.98. The molecular weight excluding hydrogens is 294 g/mol. The van der Waals surface area contributed by atoms with E-state index in [2.05, 4.69) is 77.8 Å². The predicted molar refractivity (Wildman–Crippen MR) is 103 cm³/mol. The van der Waals surface area contributed by atoms with Crippen molar-refractivity contribution in [1.29, 1.82) is 0 Å². The van der Waals surface area contributed by atoms with Gasteiger partial charge in [0.2, 0.25) is 0 Å². The van der Waals surface area contributed by atoms with E-state index in [0.717, 1.165) is 17.1 Å². The average molecular weight is 323 g/mol. The van der Waals surface area contributed by atoms with Crippen LogP contribution >= 0.6 is 0 Å². The molecule has 3 heteroatoms. The molecule has 2 rings (SSSR count). The third-order valence-electron chi connectivity index (χ3n) is 5.42. The molecule has 1 aliphatic heterocycles. The zero-order chi connectivity index (χ0) is 18.2. The Morgan fingerprint density at radius 1 is 0.917 bits per heavy atom. The molecule has 1 aromatic carbocycles. The fraction of sp³-hybridized carbons (Fsp3) is 0.476. The number of azo groups is 1. The summed E-state index contributed by atoms with van der Waals surface area (Å²) in [6, 6.07) is 4.36. The SMILES string of the molecule is CC(=Nc1c(C)cc(C)cc1C)C1(C)N=NC(C)=C(C)C(C)=C1C. The summed E-state index contributed by atoms with van der Waals surface area (Å²) < 4.78 is 0. The van der Waals surface area contributed by atoms with Crippen molar-refractivity contribution in [2.75, 3.05) is 0 Å². The molecule has 0 N–H and O–H groups in total. The first-order valence-corrected chi connectivity index (χ1v) is 8.50. The van der Waals surface area contributed by atoms with Crippen molar-refractivity contribution < 1.29 is 0 Å². The molecule has 24 heavy (non-hydrogen) atoms. The van der Waals surface area contributed by atoms with Crippen molar-refractivity contribution in [2.24, 2.45) is 15.2 Å². The van der Waals surface area contributed by atoms with Crippen LogP contribution in [0.4, 0.5) is 5.69 Å². The summed E-state index contributed by atoms with van der Waals surface area (Å²) in [7, 11) is 0. The molecule has 1 aliphatic rings. The van der Waals surface area contributed by atoms with Crippen LogP contribution in [0.5, 0.6) is 0 Å². The predicted octanol–water partition coefficient (Wildman–Crippen LogP) is 6.56. The first-order valence-electron chi connectivity index (χ1n) is 8.50. The van der Waals surface area contributed by atoms with Crippen LogP contribution in [0.15, 0.2) is 49.8 Å². The fourth-order valence-corrected chi connectivity index (χ4v) is 3.21. The first-order chi connectivity index (χ1) is 11.1. The lowest BCUT2D eigenvalue weighted by molar-refractivity contribution is 0.678. The number of benzene rings is 1. The highest BCUT2D eigenvalue weighted by molar-refractivity contribution is 5.97. The molecule has 3 nitrogen and oxygen atoms in total. The maximum absolute atomic E-state index is 4.98. The molecule has 1 unspecified atom stereocenters. The highest BCUT2D eigenvalue weighted by Gasteiger charge is 2.33. The van der Waals surface area contributed by atoms with Crippen LogP contribution in [0, 0.1) is 20.8 Å². The lowest BCUT2D eigenvalue weighted by Gasteiger charge is -2.26. The Hall–Kier alpha value is -2.03. The monoisotopic (exact) mass is 323 g/mol. The van der Waals surface area contributed by atoms with Gasteiger partial charge in [0.05, 0.1) is 11.4 Å². The van der Waals surface area contributed by atoms with Gasteiger partial charge < -0.3 is 0 Å². The van der Waals surface area contributed by atoms with Crippen LogP contribution < -0.4 is 0 Å². The molecule has 0 aliphatic carbocycles. The number of hydrogen-bond acceptors (Lipinski definition) is 3. The van der Waals surface area contributed by atoms with Gasteiger partial charge in [0.25, 0.3) is 0 Å². The highest BCUT2D eigenvalue weighted by atomic mass is 15.2. The molecule has 0 aromatic heterocycles. The molecule has 0 amide bonds. The Bertz CT molecular complexity index is 783. The van der Waals surface area contributed by atoms with E-state index < -0.39 is 5.54 Å². The van der Waals surface area contributed by atoms with E-state index in [4.69, 9.17) is 4.99 Å². The molecule has 1 heterocycles. The second-order valence-corrected chi connectivity index (χ2v) is 7.18. The third-order valence-corrected chi connectivity index (χ3v) is 5.42. The molecule has 0 radical (unpaired) electrons. The molecular formula is C21H29N3. The van der Waals surface area contributed by atoms with Crippen LogP contribution in [0.1, 0.15) is 58.2 Å². The molecule has 0 saturated carbocycles. The maximum Gasteiger partial charge on any atom is 0.138 e. The van der Waals surface area contributed by atoms with Crippen molar-refractivity contribution in [2.45, 2.75) is 67.9 Å². The van der Waals surface area contributed by atoms with Gasteiger partial charge >= 0.3 is 0 Å². The second-order valence-electron chi connectivity index (χ2n) is 7.18. The van der Waals surface area contributed by atoms with Crippen molar-refractivity contribution in [3.05, 3.63) is 51.2 Å². The lowest BCUT2D eigenvalue weighted by Crippen LogP contribution is -2.33. The third kappa shape index (κ3) is 3.12. The topological polar surface area (TPSA) is 37.1 Å². The Balaban J connectivity index is 2.61. The summed E-state index contributed by atoms with van der Waals surface area (Å²) in [5.74, 6) is 0. The van der Waals surface area contributed by atoms with Crippen molar-refractivity contribution in [1.82, 2.24) is 0 Å². The van der Waals surface area contributed by atoms with Gasteiger partial charge in [-0.2, -0.15) is 10.2 Å². The zero-order valence-corrected chi connectivity index (χ0v) is 16.5. The van der Waals surface area contributed by atoms with Crippen LogP contribution in [-0.2, 0) is 0 Å². The fourth-order valence-electron chi connectivity index (χ4n) is 3.21. The minimum absolute atomic E-state index is 0.507. The van der Waals surface area contributed by atoms with Gasteiger partial charge in [0.15, 0.2) is 0 Å². The molecule has 0 spiro atoms. The first kappa shape index (κ1) is 18.3. The summed E-state index contributed by atoms with van der Waals surface area (Å²) in [6.07, 6.45) is 0. The quantitative estimate of drug-likeness (QED) is 0.553. The Morgan fingerprint density at radius 2 is 1.46 bits per heavy atom. The van der Waals surface area contributed by atoms with Gasteiger partial charge in [-0.15, -0.1) is 0 Å². The normalized spacial score (nSPS) is 22.3.